The van der Waals surface area contributed by atoms with Crippen LogP contribution in [-0.4, -0.2) is 16.6 Å². The fourth-order valence-electron chi connectivity index (χ4n) is 2.19. The van der Waals surface area contributed by atoms with E-state index in [0.717, 1.165) is 5.56 Å². The molecule has 1 N–H and O–H groups in total. The molecule has 1 atom stereocenters. The molecule has 0 spiro atoms. The van der Waals surface area contributed by atoms with Gasteiger partial charge in [0.25, 0.3) is 5.69 Å². The molecule has 2 aromatic rings. The number of hydrogen-bond donors (Lipinski definition) is 1. The molecule has 3 rings (SSSR count). The highest BCUT2D eigenvalue weighted by molar-refractivity contribution is 5.44. The SMILES string of the molecule is O=[N+]([O-])c1cccc(COc2ccc3c(c2)OCC3O)c1. The Hall–Kier alpha value is -2.60. The lowest BCUT2D eigenvalue weighted by Crippen LogP contribution is -1.97. The van der Waals surface area contributed by atoms with Gasteiger partial charge in [0.15, 0.2) is 0 Å². The van der Waals surface area contributed by atoms with Gasteiger partial charge in [0.1, 0.15) is 30.8 Å². The summed E-state index contributed by atoms with van der Waals surface area (Å²) in [5.74, 6) is 1.20. The van der Waals surface area contributed by atoms with E-state index in [1.807, 2.05) is 0 Å². The molecule has 0 amide bonds. The summed E-state index contributed by atoms with van der Waals surface area (Å²) in [6, 6.07) is 11.5. The first kappa shape index (κ1) is 13.4. The second kappa shape index (κ2) is 5.41. The third-order valence-corrected chi connectivity index (χ3v) is 3.27. The minimum atomic E-state index is -0.592. The van der Waals surface area contributed by atoms with Crippen LogP contribution in [0.1, 0.15) is 17.2 Å². The molecule has 0 aliphatic carbocycles. The molecule has 0 bridgehead atoms. The van der Waals surface area contributed by atoms with Crippen molar-refractivity contribution in [1.82, 2.24) is 0 Å². The van der Waals surface area contributed by atoms with Gasteiger partial charge < -0.3 is 14.6 Å². The highest BCUT2D eigenvalue weighted by atomic mass is 16.6. The van der Waals surface area contributed by atoms with Crippen LogP contribution in [0.25, 0.3) is 0 Å². The molecule has 1 aliphatic rings. The predicted octanol–water partition coefficient (Wildman–Crippen LogP) is 2.60. The van der Waals surface area contributed by atoms with Crippen LogP contribution in [0.2, 0.25) is 0 Å². The molecule has 21 heavy (non-hydrogen) atoms. The van der Waals surface area contributed by atoms with Crippen molar-refractivity contribution in [3.05, 3.63) is 63.7 Å². The Balaban J connectivity index is 1.71. The average Bonchev–Trinajstić information content (AvgIpc) is 2.86. The first-order valence-electron chi connectivity index (χ1n) is 6.44. The molecular formula is C15H13NO5. The molecule has 6 heteroatoms. The van der Waals surface area contributed by atoms with E-state index in [0.29, 0.717) is 17.1 Å². The standard InChI is InChI=1S/C15H13NO5/c17-14-9-21-15-7-12(4-5-13(14)15)20-8-10-2-1-3-11(6-10)16(18)19/h1-7,14,17H,8-9H2. The Bertz CT molecular complexity index is 686. The first-order valence-corrected chi connectivity index (χ1v) is 6.44. The zero-order valence-corrected chi connectivity index (χ0v) is 11.1. The number of nitro benzene ring substituents is 1. The highest BCUT2D eigenvalue weighted by Gasteiger charge is 2.22. The molecule has 1 unspecified atom stereocenters. The van der Waals surface area contributed by atoms with Crippen LogP contribution >= 0.6 is 0 Å². The molecule has 0 fully saturated rings. The van der Waals surface area contributed by atoms with Gasteiger partial charge in [-0.05, 0) is 17.7 Å². The van der Waals surface area contributed by atoms with Crippen LogP contribution in [0.15, 0.2) is 42.5 Å². The van der Waals surface area contributed by atoms with E-state index in [-0.39, 0.29) is 18.9 Å². The number of hydrogen-bond acceptors (Lipinski definition) is 5. The summed E-state index contributed by atoms with van der Waals surface area (Å²) in [7, 11) is 0. The fraction of sp³-hybridized carbons (Fsp3) is 0.200. The number of benzene rings is 2. The Morgan fingerprint density at radius 1 is 1.33 bits per heavy atom. The van der Waals surface area contributed by atoms with Gasteiger partial charge in [0.05, 0.1) is 4.92 Å². The van der Waals surface area contributed by atoms with Crippen LogP contribution in [0.3, 0.4) is 0 Å². The van der Waals surface area contributed by atoms with Crippen molar-refractivity contribution < 1.29 is 19.5 Å². The van der Waals surface area contributed by atoms with Crippen molar-refractivity contribution in [2.45, 2.75) is 12.7 Å². The van der Waals surface area contributed by atoms with Crippen molar-refractivity contribution in [3.63, 3.8) is 0 Å². The topological polar surface area (TPSA) is 81.8 Å². The van der Waals surface area contributed by atoms with Gasteiger partial charge in [-0.25, -0.2) is 0 Å². The van der Waals surface area contributed by atoms with E-state index in [1.54, 1.807) is 30.3 Å². The lowest BCUT2D eigenvalue weighted by molar-refractivity contribution is -0.384. The second-order valence-electron chi connectivity index (χ2n) is 4.74. The van der Waals surface area contributed by atoms with Crippen LogP contribution < -0.4 is 9.47 Å². The Kier molecular flexibility index (Phi) is 3.45. The van der Waals surface area contributed by atoms with Gasteiger partial charge in [-0.2, -0.15) is 0 Å². The fourth-order valence-corrected chi connectivity index (χ4v) is 2.19. The summed E-state index contributed by atoms with van der Waals surface area (Å²) < 4.78 is 10.9. The zero-order chi connectivity index (χ0) is 14.8. The van der Waals surface area contributed by atoms with Crippen molar-refractivity contribution in [3.8, 4) is 11.5 Å². The molecule has 1 aliphatic heterocycles. The van der Waals surface area contributed by atoms with Crippen molar-refractivity contribution in [2.24, 2.45) is 0 Å². The number of aliphatic hydroxyl groups excluding tert-OH is 1. The van der Waals surface area contributed by atoms with E-state index >= 15 is 0 Å². The van der Waals surface area contributed by atoms with E-state index < -0.39 is 11.0 Å². The van der Waals surface area contributed by atoms with Crippen LogP contribution in [0, 0.1) is 10.1 Å². The van der Waals surface area contributed by atoms with E-state index in [9.17, 15) is 15.2 Å². The lowest BCUT2D eigenvalue weighted by Gasteiger charge is -2.08. The quantitative estimate of drug-likeness (QED) is 0.690. The van der Waals surface area contributed by atoms with E-state index in [1.165, 1.54) is 12.1 Å². The molecule has 2 aromatic carbocycles. The average molecular weight is 287 g/mol. The van der Waals surface area contributed by atoms with E-state index in [2.05, 4.69) is 0 Å². The van der Waals surface area contributed by atoms with Crippen molar-refractivity contribution in [2.75, 3.05) is 6.61 Å². The van der Waals surface area contributed by atoms with Gasteiger partial charge in [0.2, 0.25) is 0 Å². The maximum atomic E-state index is 10.7. The molecule has 0 radical (unpaired) electrons. The number of rotatable bonds is 4. The number of nitrogens with zero attached hydrogens (tertiary/aromatic N) is 1. The van der Waals surface area contributed by atoms with Gasteiger partial charge in [0, 0.05) is 23.8 Å². The van der Waals surface area contributed by atoms with Gasteiger partial charge in [-0.15, -0.1) is 0 Å². The molecular weight excluding hydrogens is 274 g/mol. The number of ether oxygens (including phenoxy) is 2. The summed E-state index contributed by atoms with van der Waals surface area (Å²) in [6.07, 6.45) is -0.592. The highest BCUT2D eigenvalue weighted by Crippen LogP contribution is 2.35. The Morgan fingerprint density at radius 2 is 2.19 bits per heavy atom. The molecule has 0 aromatic heterocycles. The Morgan fingerprint density at radius 3 is 3.00 bits per heavy atom. The third kappa shape index (κ3) is 2.80. The molecule has 1 heterocycles. The summed E-state index contributed by atoms with van der Waals surface area (Å²) in [5.41, 5.74) is 1.50. The largest absolute Gasteiger partial charge is 0.490 e. The van der Waals surface area contributed by atoms with Gasteiger partial charge in [-0.3, -0.25) is 10.1 Å². The first-order chi connectivity index (χ1) is 10.1. The monoisotopic (exact) mass is 287 g/mol. The third-order valence-electron chi connectivity index (χ3n) is 3.27. The lowest BCUT2D eigenvalue weighted by atomic mass is 10.1. The van der Waals surface area contributed by atoms with Crippen LogP contribution in [0.5, 0.6) is 11.5 Å². The number of fused-ring (bicyclic) bond motifs is 1. The smallest absolute Gasteiger partial charge is 0.269 e. The molecule has 6 nitrogen and oxygen atoms in total. The number of non-ortho nitro benzene ring substituents is 1. The summed E-state index contributed by atoms with van der Waals surface area (Å²) >= 11 is 0. The van der Waals surface area contributed by atoms with Gasteiger partial charge >= 0.3 is 0 Å². The number of aliphatic hydroxyl groups is 1. The molecule has 0 saturated carbocycles. The zero-order valence-electron chi connectivity index (χ0n) is 11.1. The van der Waals surface area contributed by atoms with Crippen molar-refractivity contribution >= 4 is 5.69 Å². The normalized spacial score (nSPS) is 16.1. The summed E-state index contributed by atoms with van der Waals surface area (Å²) in [6.45, 7) is 0.479. The Labute approximate surface area is 120 Å². The predicted molar refractivity (Wildman–Crippen MR) is 74.3 cm³/mol. The maximum Gasteiger partial charge on any atom is 0.269 e. The summed E-state index contributed by atoms with van der Waals surface area (Å²) in [5, 5.41) is 20.3. The maximum absolute atomic E-state index is 10.7. The summed E-state index contributed by atoms with van der Waals surface area (Å²) in [4.78, 5) is 10.3. The number of nitro groups is 1. The van der Waals surface area contributed by atoms with Crippen molar-refractivity contribution in [1.29, 1.82) is 0 Å². The van der Waals surface area contributed by atoms with Crippen LogP contribution in [-0.2, 0) is 6.61 Å². The minimum Gasteiger partial charge on any atom is -0.490 e. The molecule has 0 saturated heterocycles. The second-order valence-corrected chi connectivity index (χ2v) is 4.74. The van der Waals surface area contributed by atoms with Crippen LogP contribution in [0.4, 0.5) is 5.69 Å². The molecule has 108 valence electrons. The van der Waals surface area contributed by atoms with E-state index in [4.69, 9.17) is 9.47 Å². The van der Waals surface area contributed by atoms with Gasteiger partial charge in [-0.1, -0.05) is 12.1 Å². The minimum absolute atomic E-state index is 0.0384.